The third kappa shape index (κ3) is 7.06. The zero-order valence-electron chi connectivity index (χ0n) is 14.8. The number of nitrogens with one attached hydrogen (secondary N) is 3. The maximum absolute atomic E-state index is 11.6. The summed E-state index contributed by atoms with van der Waals surface area (Å²) in [5.74, 6) is 0.312. The molecule has 1 unspecified atom stereocenters. The topological polar surface area (TPSA) is 95.0 Å². The molecule has 0 aliphatic carbocycles. The molecule has 0 saturated heterocycles. The highest BCUT2D eigenvalue weighted by Crippen LogP contribution is 2.29. The summed E-state index contributed by atoms with van der Waals surface area (Å²) < 4.78 is 6.01. The highest BCUT2D eigenvalue weighted by atomic mass is 127. The van der Waals surface area contributed by atoms with Crippen molar-refractivity contribution in [1.29, 1.82) is 0 Å². The molecule has 0 spiro atoms. The summed E-state index contributed by atoms with van der Waals surface area (Å²) in [4.78, 5) is 16.6. The van der Waals surface area contributed by atoms with E-state index in [4.69, 9.17) is 4.74 Å². The second-order valence-electron chi connectivity index (χ2n) is 5.35. The van der Waals surface area contributed by atoms with Gasteiger partial charge in [0, 0.05) is 36.8 Å². The number of guanidine groups is 1. The molecular formula is C17H25IN4O3S. The van der Waals surface area contributed by atoms with Crippen molar-refractivity contribution in [2.75, 3.05) is 40.4 Å². The number of benzene rings is 1. The minimum Gasteiger partial charge on any atom is -0.386 e. The Morgan fingerprint density at radius 1 is 1.31 bits per heavy atom. The van der Waals surface area contributed by atoms with E-state index in [-0.39, 0.29) is 36.4 Å². The maximum Gasteiger partial charge on any atom is 0.239 e. The summed E-state index contributed by atoms with van der Waals surface area (Å²) >= 11 is 1.57. The van der Waals surface area contributed by atoms with Gasteiger partial charge in [0.1, 0.15) is 6.10 Å². The smallest absolute Gasteiger partial charge is 0.239 e. The van der Waals surface area contributed by atoms with Crippen molar-refractivity contribution < 1.29 is 14.6 Å². The molecule has 0 aliphatic rings. The maximum atomic E-state index is 11.6. The molecule has 7 nitrogen and oxygen atoms in total. The molecule has 1 amide bonds. The molecule has 2 rings (SSSR count). The van der Waals surface area contributed by atoms with E-state index in [9.17, 15) is 9.90 Å². The summed E-state index contributed by atoms with van der Waals surface area (Å²) in [6.45, 7) is 1.34. The number of thiophene rings is 1. The molecule has 1 heterocycles. The monoisotopic (exact) mass is 492 g/mol. The number of aliphatic hydroxyl groups excluding tert-OH is 1. The Morgan fingerprint density at radius 3 is 2.77 bits per heavy atom. The van der Waals surface area contributed by atoms with Gasteiger partial charge in [-0.25, -0.2) is 0 Å². The minimum absolute atomic E-state index is 0. The van der Waals surface area contributed by atoms with Gasteiger partial charge in [0.15, 0.2) is 5.96 Å². The predicted molar refractivity (Wildman–Crippen MR) is 116 cm³/mol. The van der Waals surface area contributed by atoms with E-state index in [1.54, 1.807) is 25.5 Å². The van der Waals surface area contributed by atoms with Gasteiger partial charge >= 0.3 is 0 Å². The van der Waals surface area contributed by atoms with Crippen LogP contribution in [0.5, 0.6) is 0 Å². The van der Waals surface area contributed by atoms with Gasteiger partial charge in [-0.1, -0.05) is 18.2 Å². The summed E-state index contributed by atoms with van der Waals surface area (Å²) in [5, 5.41) is 20.1. The van der Waals surface area contributed by atoms with Crippen LogP contribution in [0.3, 0.4) is 0 Å². The van der Waals surface area contributed by atoms with Gasteiger partial charge in [-0.3, -0.25) is 9.79 Å². The van der Waals surface area contributed by atoms with Crippen LogP contribution >= 0.6 is 35.3 Å². The molecule has 26 heavy (non-hydrogen) atoms. The number of nitrogens with zero attached hydrogens (tertiary/aromatic N) is 1. The number of halogens is 1. The quantitative estimate of drug-likeness (QED) is 0.194. The van der Waals surface area contributed by atoms with Gasteiger partial charge in [-0.05, 0) is 17.5 Å². The van der Waals surface area contributed by atoms with Gasteiger partial charge in [-0.2, -0.15) is 0 Å². The number of amides is 1. The van der Waals surface area contributed by atoms with E-state index in [1.807, 2.05) is 30.3 Å². The fraction of sp³-hybridized carbons (Fsp3) is 0.412. The van der Waals surface area contributed by atoms with Crippen LogP contribution in [0.2, 0.25) is 0 Å². The van der Waals surface area contributed by atoms with Crippen LogP contribution < -0.4 is 16.0 Å². The molecule has 4 N–H and O–H groups in total. The van der Waals surface area contributed by atoms with E-state index in [0.717, 1.165) is 15.0 Å². The lowest BCUT2D eigenvalue weighted by Crippen LogP contribution is -2.44. The number of methoxy groups -OCH3 is 1. The Bertz CT molecular complexity index is 690. The van der Waals surface area contributed by atoms with E-state index in [2.05, 4.69) is 20.9 Å². The molecule has 1 aromatic carbocycles. The fourth-order valence-electron chi connectivity index (χ4n) is 2.20. The number of carbonyl (C=O) groups excluding carboxylic acids is 1. The Labute approximate surface area is 174 Å². The second-order valence-corrected chi connectivity index (χ2v) is 6.47. The molecule has 2 aromatic rings. The van der Waals surface area contributed by atoms with Crippen LogP contribution in [0.4, 0.5) is 0 Å². The Morgan fingerprint density at radius 2 is 2.08 bits per heavy atom. The first kappa shape index (κ1) is 22.6. The number of aliphatic imine (C=N–C) groups is 1. The normalized spacial score (nSPS) is 12.3. The number of hydrogen-bond acceptors (Lipinski definition) is 5. The van der Waals surface area contributed by atoms with Crippen LogP contribution in [-0.2, 0) is 9.53 Å². The largest absolute Gasteiger partial charge is 0.386 e. The zero-order valence-corrected chi connectivity index (χ0v) is 18.0. The fourth-order valence-corrected chi connectivity index (χ4v) is 3.25. The standard InChI is InChI=1S/C17H24N4O3S.HI/c1-18-17(21-11-16(23)19-7-8-24-2)20-10-13(22)15-9-12-5-3-4-6-14(12)25-15;/h3-6,9,13,22H,7-8,10-11H2,1-2H3,(H,19,23)(H2,18,20,21);1H. The van der Waals surface area contributed by atoms with Crippen LogP contribution in [0.25, 0.3) is 10.1 Å². The Balaban J connectivity index is 0.00000338. The summed E-state index contributed by atoms with van der Waals surface area (Å²) in [6, 6.07) is 10.0. The first-order valence-corrected chi connectivity index (χ1v) is 8.82. The molecule has 1 atom stereocenters. The molecule has 0 radical (unpaired) electrons. The Kier molecular flexibility index (Phi) is 10.5. The van der Waals surface area contributed by atoms with Gasteiger partial charge in [0.05, 0.1) is 13.2 Å². The van der Waals surface area contributed by atoms with E-state index < -0.39 is 6.10 Å². The molecular weight excluding hydrogens is 467 g/mol. The summed E-state index contributed by atoms with van der Waals surface area (Å²) in [5.41, 5.74) is 0. The molecule has 1 aromatic heterocycles. The minimum atomic E-state index is -0.647. The van der Waals surface area contributed by atoms with Gasteiger partial charge in [0.2, 0.25) is 5.91 Å². The molecule has 0 bridgehead atoms. The lowest BCUT2D eigenvalue weighted by atomic mass is 10.2. The average molecular weight is 492 g/mol. The molecule has 9 heteroatoms. The third-order valence-electron chi connectivity index (χ3n) is 3.50. The van der Waals surface area contributed by atoms with Crippen LogP contribution in [0, 0.1) is 0 Å². The van der Waals surface area contributed by atoms with Crippen molar-refractivity contribution in [1.82, 2.24) is 16.0 Å². The lowest BCUT2D eigenvalue weighted by molar-refractivity contribution is -0.120. The van der Waals surface area contributed by atoms with E-state index >= 15 is 0 Å². The number of aliphatic hydroxyl groups is 1. The average Bonchev–Trinajstić information content (AvgIpc) is 3.06. The first-order chi connectivity index (χ1) is 12.1. The van der Waals surface area contributed by atoms with Gasteiger partial charge < -0.3 is 25.8 Å². The van der Waals surface area contributed by atoms with Crippen molar-refractivity contribution in [2.45, 2.75) is 6.10 Å². The summed E-state index contributed by atoms with van der Waals surface area (Å²) in [7, 11) is 3.20. The van der Waals surface area contributed by atoms with Crippen molar-refractivity contribution in [2.24, 2.45) is 4.99 Å². The van der Waals surface area contributed by atoms with Gasteiger partial charge in [-0.15, -0.1) is 35.3 Å². The molecule has 144 valence electrons. The van der Waals surface area contributed by atoms with E-state index in [1.165, 1.54) is 0 Å². The Hall–Kier alpha value is -1.43. The van der Waals surface area contributed by atoms with Crippen LogP contribution in [0.15, 0.2) is 35.3 Å². The highest BCUT2D eigenvalue weighted by Gasteiger charge is 2.12. The zero-order chi connectivity index (χ0) is 18.1. The second kappa shape index (κ2) is 12.0. The van der Waals surface area contributed by atoms with Crippen molar-refractivity contribution in [3.8, 4) is 0 Å². The highest BCUT2D eigenvalue weighted by molar-refractivity contribution is 14.0. The van der Waals surface area contributed by atoms with Crippen LogP contribution in [0.1, 0.15) is 11.0 Å². The summed E-state index contributed by atoms with van der Waals surface area (Å²) in [6.07, 6.45) is -0.647. The van der Waals surface area contributed by atoms with Crippen molar-refractivity contribution in [3.63, 3.8) is 0 Å². The molecule has 0 fully saturated rings. The SMILES string of the molecule is CN=C(NCC(=O)NCCOC)NCC(O)c1cc2ccccc2s1.I. The van der Waals surface area contributed by atoms with Crippen molar-refractivity contribution in [3.05, 3.63) is 35.2 Å². The number of carbonyl (C=O) groups is 1. The van der Waals surface area contributed by atoms with E-state index in [0.29, 0.717) is 25.7 Å². The first-order valence-electron chi connectivity index (χ1n) is 8.00. The number of rotatable bonds is 8. The van der Waals surface area contributed by atoms with Gasteiger partial charge in [0.25, 0.3) is 0 Å². The molecule has 0 aliphatic heterocycles. The number of fused-ring (bicyclic) bond motifs is 1. The number of hydrogen-bond donors (Lipinski definition) is 4. The van der Waals surface area contributed by atoms with Crippen molar-refractivity contribution >= 4 is 57.3 Å². The van der Waals surface area contributed by atoms with Crippen LogP contribution in [-0.4, -0.2) is 57.4 Å². The number of ether oxygens (including phenoxy) is 1. The molecule has 0 saturated carbocycles. The lowest BCUT2D eigenvalue weighted by Gasteiger charge is -2.14. The predicted octanol–water partition coefficient (Wildman–Crippen LogP) is 1.48. The third-order valence-corrected chi connectivity index (χ3v) is 4.72.